The molecule has 2 rings (SSSR count). The van der Waals surface area contributed by atoms with Gasteiger partial charge in [-0.25, -0.2) is 0 Å². The van der Waals surface area contributed by atoms with Crippen molar-refractivity contribution in [1.82, 2.24) is 4.90 Å². The van der Waals surface area contributed by atoms with Crippen molar-refractivity contribution in [3.05, 3.63) is 29.8 Å². The maximum Gasteiger partial charge on any atom is 0.309 e. The average Bonchev–Trinajstić information content (AvgIpc) is 2.76. The number of nitrogens with zero attached hydrogens (tertiary/aromatic N) is 1. The number of benzene rings is 1. The van der Waals surface area contributed by atoms with Crippen LogP contribution in [0.15, 0.2) is 24.3 Å². The smallest absolute Gasteiger partial charge is 0.309 e. The summed E-state index contributed by atoms with van der Waals surface area (Å²) >= 11 is 0. The first-order valence-corrected chi connectivity index (χ1v) is 6.64. The number of rotatable bonds is 4. The van der Waals surface area contributed by atoms with E-state index in [2.05, 4.69) is 0 Å². The number of hydrogen-bond donors (Lipinski definition) is 1. The van der Waals surface area contributed by atoms with Gasteiger partial charge in [-0.3, -0.25) is 9.59 Å². The van der Waals surface area contributed by atoms with Crippen molar-refractivity contribution in [2.24, 2.45) is 5.92 Å². The van der Waals surface area contributed by atoms with E-state index in [1.165, 1.54) is 0 Å². The zero-order valence-electron chi connectivity index (χ0n) is 11.9. The number of carbonyl (C=O) groups is 2. The molecule has 1 aliphatic rings. The highest BCUT2D eigenvalue weighted by molar-refractivity contribution is 5.87. The molecule has 1 aromatic carbocycles. The van der Waals surface area contributed by atoms with Gasteiger partial charge in [0.15, 0.2) is 0 Å². The molecule has 1 saturated heterocycles. The van der Waals surface area contributed by atoms with Crippen LogP contribution < -0.4 is 4.74 Å². The van der Waals surface area contributed by atoms with Crippen molar-refractivity contribution in [3.8, 4) is 5.75 Å². The molecule has 1 fully saturated rings. The molecular formula is C15H19NO4. The van der Waals surface area contributed by atoms with Crippen molar-refractivity contribution in [1.29, 1.82) is 0 Å². The van der Waals surface area contributed by atoms with E-state index < -0.39 is 17.9 Å². The van der Waals surface area contributed by atoms with E-state index in [1.807, 2.05) is 32.0 Å². The summed E-state index contributed by atoms with van der Waals surface area (Å²) in [5, 5.41) is 9.41. The largest absolute Gasteiger partial charge is 0.496 e. The Bertz CT molecular complexity index is 526. The van der Waals surface area contributed by atoms with E-state index in [9.17, 15) is 14.7 Å². The maximum absolute atomic E-state index is 12.1. The molecule has 0 aliphatic carbocycles. The number of carboxylic acid groups (broad SMARTS) is 1. The van der Waals surface area contributed by atoms with Crippen LogP contribution in [0, 0.1) is 5.92 Å². The number of ether oxygens (including phenoxy) is 1. The maximum atomic E-state index is 12.1. The summed E-state index contributed by atoms with van der Waals surface area (Å²) in [5.41, 5.74) is 0.752. The molecule has 0 bridgehead atoms. The van der Waals surface area contributed by atoms with E-state index in [1.54, 1.807) is 18.1 Å². The normalized spacial score (nSPS) is 22.4. The fraction of sp³-hybridized carbons (Fsp3) is 0.467. The fourth-order valence-electron chi connectivity index (χ4n) is 2.86. The molecular weight excluding hydrogens is 258 g/mol. The summed E-state index contributed by atoms with van der Waals surface area (Å²) < 4.78 is 5.32. The second kappa shape index (κ2) is 5.53. The van der Waals surface area contributed by atoms with Gasteiger partial charge in [-0.1, -0.05) is 18.2 Å². The molecule has 1 heterocycles. The highest BCUT2D eigenvalue weighted by atomic mass is 16.5. The van der Waals surface area contributed by atoms with Gasteiger partial charge in [0.05, 0.1) is 19.1 Å². The zero-order valence-corrected chi connectivity index (χ0v) is 11.9. The van der Waals surface area contributed by atoms with Gasteiger partial charge < -0.3 is 14.7 Å². The standard InChI is InChI=1S/C15H19NO4/c1-9(2)16-13(17)8-11(15(18)19)14(16)10-6-4-5-7-12(10)20-3/h4-7,9,11,14H,8H2,1-3H3,(H,18,19)/t11-,14+/m0/s1. The Kier molecular flexibility index (Phi) is 3.97. The molecule has 0 spiro atoms. The number of para-hydroxylation sites is 1. The van der Waals surface area contributed by atoms with Crippen LogP contribution in [0.2, 0.25) is 0 Å². The second-order valence-corrected chi connectivity index (χ2v) is 5.23. The SMILES string of the molecule is COc1ccccc1[C@@H]1[C@@H](C(=O)O)CC(=O)N1C(C)C. The topological polar surface area (TPSA) is 66.8 Å². The lowest BCUT2D eigenvalue weighted by atomic mass is 9.92. The van der Waals surface area contributed by atoms with Gasteiger partial charge in [-0.2, -0.15) is 0 Å². The monoisotopic (exact) mass is 277 g/mol. The van der Waals surface area contributed by atoms with Crippen LogP contribution in [0.3, 0.4) is 0 Å². The van der Waals surface area contributed by atoms with Gasteiger partial charge in [-0.05, 0) is 19.9 Å². The van der Waals surface area contributed by atoms with Crippen molar-refractivity contribution in [2.45, 2.75) is 32.4 Å². The first kappa shape index (κ1) is 14.4. The van der Waals surface area contributed by atoms with Crippen LogP contribution in [-0.2, 0) is 9.59 Å². The number of methoxy groups -OCH3 is 1. The average molecular weight is 277 g/mol. The van der Waals surface area contributed by atoms with Crippen LogP contribution in [-0.4, -0.2) is 35.0 Å². The molecule has 108 valence electrons. The third-order valence-electron chi connectivity index (χ3n) is 3.69. The quantitative estimate of drug-likeness (QED) is 0.915. The highest BCUT2D eigenvalue weighted by Crippen LogP contribution is 2.42. The lowest BCUT2D eigenvalue weighted by Crippen LogP contribution is -2.36. The Morgan fingerprint density at radius 3 is 2.60 bits per heavy atom. The van der Waals surface area contributed by atoms with Gasteiger partial charge >= 0.3 is 5.97 Å². The molecule has 2 atom stereocenters. The van der Waals surface area contributed by atoms with Crippen LogP contribution in [0.4, 0.5) is 0 Å². The molecule has 0 saturated carbocycles. The highest BCUT2D eigenvalue weighted by Gasteiger charge is 2.46. The Morgan fingerprint density at radius 1 is 1.40 bits per heavy atom. The summed E-state index contributed by atoms with van der Waals surface area (Å²) in [5.74, 6) is -1.19. The number of likely N-dealkylation sites (tertiary alicyclic amines) is 1. The Labute approximate surface area is 118 Å². The zero-order chi connectivity index (χ0) is 14.9. The van der Waals surface area contributed by atoms with E-state index in [0.717, 1.165) is 5.56 Å². The third kappa shape index (κ3) is 2.35. The lowest BCUT2D eigenvalue weighted by Gasteiger charge is -2.31. The minimum absolute atomic E-state index is 0.0379. The molecule has 0 unspecified atom stereocenters. The lowest BCUT2D eigenvalue weighted by molar-refractivity contribution is -0.142. The van der Waals surface area contributed by atoms with Gasteiger partial charge in [0.1, 0.15) is 5.75 Å². The molecule has 1 aromatic rings. The number of aliphatic carboxylic acids is 1. The predicted molar refractivity (Wildman–Crippen MR) is 73.5 cm³/mol. The number of carboxylic acids is 1. The third-order valence-corrected chi connectivity index (χ3v) is 3.69. The van der Waals surface area contributed by atoms with Crippen LogP contribution in [0.1, 0.15) is 31.9 Å². The molecule has 1 N–H and O–H groups in total. The Balaban J connectivity index is 2.52. The van der Waals surface area contributed by atoms with Crippen molar-refractivity contribution in [2.75, 3.05) is 7.11 Å². The number of carbonyl (C=O) groups excluding carboxylic acids is 1. The summed E-state index contributed by atoms with van der Waals surface area (Å²) in [4.78, 5) is 25.3. The van der Waals surface area contributed by atoms with Crippen LogP contribution in [0.25, 0.3) is 0 Å². The van der Waals surface area contributed by atoms with E-state index in [0.29, 0.717) is 5.75 Å². The van der Waals surface area contributed by atoms with Crippen molar-refractivity contribution >= 4 is 11.9 Å². The minimum atomic E-state index is -0.947. The first-order chi connectivity index (χ1) is 9.47. The van der Waals surface area contributed by atoms with Crippen LogP contribution in [0.5, 0.6) is 5.75 Å². The summed E-state index contributed by atoms with van der Waals surface area (Å²) in [6.07, 6.45) is 0.0379. The predicted octanol–water partition coefficient (Wildman–Crippen LogP) is 2.08. The second-order valence-electron chi connectivity index (χ2n) is 5.23. The first-order valence-electron chi connectivity index (χ1n) is 6.64. The fourth-order valence-corrected chi connectivity index (χ4v) is 2.86. The van der Waals surface area contributed by atoms with E-state index in [4.69, 9.17) is 4.74 Å². The van der Waals surface area contributed by atoms with Gasteiger partial charge in [0.2, 0.25) is 5.91 Å². The molecule has 5 heteroatoms. The summed E-state index contributed by atoms with van der Waals surface area (Å²) in [7, 11) is 1.55. The van der Waals surface area contributed by atoms with Gasteiger partial charge in [0, 0.05) is 18.0 Å². The van der Waals surface area contributed by atoms with Crippen LogP contribution >= 0.6 is 0 Å². The van der Waals surface area contributed by atoms with E-state index in [-0.39, 0.29) is 18.4 Å². The molecule has 1 aliphatic heterocycles. The number of hydrogen-bond acceptors (Lipinski definition) is 3. The molecule has 1 amide bonds. The van der Waals surface area contributed by atoms with Crippen molar-refractivity contribution in [3.63, 3.8) is 0 Å². The molecule has 5 nitrogen and oxygen atoms in total. The van der Waals surface area contributed by atoms with E-state index >= 15 is 0 Å². The van der Waals surface area contributed by atoms with Crippen molar-refractivity contribution < 1.29 is 19.4 Å². The summed E-state index contributed by atoms with van der Waals surface area (Å²) in [6.45, 7) is 3.79. The molecule has 20 heavy (non-hydrogen) atoms. The summed E-state index contributed by atoms with van der Waals surface area (Å²) in [6, 6.07) is 6.74. The number of amides is 1. The Morgan fingerprint density at radius 2 is 2.05 bits per heavy atom. The molecule has 0 radical (unpaired) electrons. The minimum Gasteiger partial charge on any atom is -0.496 e. The van der Waals surface area contributed by atoms with Gasteiger partial charge in [0.25, 0.3) is 0 Å². The molecule has 0 aromatic heterocycles. The van der Waals surface area contributed by atoms with Gasteiger partial charge in [-0.15, -0.1) is 0 Å². The Hall–Kier alpha value is -2.04.